The predicted molar refractivity (Wildman–Crippen MR) is 86.2 cm³/mol. The van der Waals surface area contributed by atoms with Gasteiger partial charge in [-0.3, -0.25) is 4.79 Å². The van der Waals surface area contributed by atoms with Crippen molar-refractivity contribution in [3.05, 3.63) is 37.7 Å². The highest BCUT2D eigenvalue weighted by Crippen LogP contribution is 2.17. The molecule has 1 N–H and O–H groups in total. The summed E-state index contributed by atoms with van der Waals surface area (Å²) in [5.41, 5.74) is 1.24. The smallest absolute Gasteiger partial charge is 0.287 e. The van der Waals surface area contributed by atoms with Gasteiger partial charge < -0.3 is 10.2 Å². The van der Waals surface area contributed by atoms with E-state index < -0.39 is 0 Å². The first-order valence-corrected chi connectivity index (χ1v) is 7.78. The molecule has 0 saturated heterocycles. The van der Waals surface area contributed by atoms with Crippen LogP contribution in [0, 0.1) is 6.92 Å². The van der Waals surface area contributed by atoms with Crippen LogP contribution in [0.3, 0.4) is 0 Å². The van der Waals surface area contributed by atoms with Crippen molar-refractivity contribution in [2.45, 2.75) is 20.0 Å². The quantitative estimate of drug-likeness (QED) is 0.877. The Balaban J connectivity index is 2.07. The third-order valence-corrected chi connectivity index (χ3v) is 4.17. The van der Waals surface area contributed by atoms with Gasteiger partial charge >= 0.3 is 0 Å². The molecule has 0 radical (unpaired) electrons. The van der Waals surface area contributed by atoms with Gasteiger partial charge in [-0.2, -0.15) is 5.10 Å². The largest absolute Gasteiger partial charge is 0.376 e. The van der Waals surface area contributed by atoms with Crippen molar-refractivity contribution in [1.29, 1.82) is 0 Å². The second-order valence-electron chi connectivity index (χ2n) is 4.94. The van der Waals surface area contributed by atoms with Gasteiger partial charge in [0, 0.05) is 17.6 Å². The molecule has 21 heavy (non-hydrogen) atoms. The van der Waals surface area contributed by atoms with Crippen molar-refractivity contribution in [2.75, 3.05) is 26.0 Å². The van der Waals surface area contributed by atoms with Crippen LogP contribution in [-0.4, -0.2) is 40.3 Å². The lowest BCUT2D eigenvalue weighted by Crippen LogP contribution is -2.29. The zero-order valence-electron chi connectivity index (χ0n) is 12.3. The first kappa shape index (κ1) is 15.9. The van der Waals surface area contributed by atoms with Crippen molar-refractivity contribution in [1.82, 2.24) is 19.7 Å². The fraction of sp³-hybridized carbons (Fsp3) is 0.462. The van der Waals surface area contributed by atoms with E-state index in [-0.39, 0.29) is 10.6 Å². The summed E-state index contributed by atoms with van der Waals surface area (Å²) in [7, 11) is 3.89. The molecule has 0 aliphatic rings. The topological polar surface area (TPSA) is 63.1 Å². The minimum absolute atomic E-state index is 0.164. The maximum Gasteiger partial charge on any atom is 0.287 e. The number of thiazole rings is 1. The van der Waals surface area contributed by atoms with Crippen LogP contribution in [0.5, 0.6) is 0 Å². The normalized spacial score (nSPS) is 11.1. The fourth-order valence-electron chi connectivity index (χ4n) is 1.70. The maximum absolute atomic E-state index is 12.1. The van der Waals surface area contributed by atoms with E-state index in [1.165, 1.54) is 4.68 Å². The summed E-state index contributed by atoms with van der Waals surface area (Å²) in [6.45, 7) is 3.72. The Morgan fingerprint density at radius 3 is 2.86 bits per heavy atom. The molecule has 0 spiro atoms. The molecule has 2 rings (SSSR count). The number of anilines is 1. The predicted octanol–water partition coefficient (Wildman–Crippen LogP) is 1.84. The fourth-order valence-corrected chi connectivity index (χ4v) is 2.62. The lowest BCUT2D eigenvalue weighted by molar-refractivity contribution is 0.367. The molecule has 0 aromatic carbocycles. The van der Waals surface area contributed by atoms with Crippen LogP contribution in [0.1, 0.15) is 10.7 Å². The number of likely N-dealkylation sites (N-methyl/N-ethyl adjacent to an activating group) is 1. The van der Waals surface area contributed by atoms with Crippen LogP contribution in [0.4, 0.5) is 5.69 Å². The number of aryl methyl sites for hydroxylation is 1. The summed E-state index contributed by atoms with van der Waals surface area (Å²) >= 11 is 7.69. The third kappa shape index (κ3) is 4.26. The molecule has 8 heteroatoms. The number of halogens is 1. The Bertz CT molecular complexity index is 667. The van der Waals surface area contributed by atoms with Gasteiger partial charge in [-0.15, -0.1) is 11.3 Å². The van der Waals surface area contributed by atoms with Gasteiger partial charge in [0.15, 0.2) is 0 Å². The van der Waals surface area contributed by atoms with Gasteiger partial charge in [0.2, 0.25) is 0 Å². The van der Waals surface area contributed by atoms with Crippen LogP contribution >= 0.6 is 22.9 Å². The molecule has 0 aliphatic carbocycles. The molecule has 0 unspecified atom stereocenters. The van der Waals surface area contributed by atoms with Gasteiger partial charge in [-0.25, -0.2) is 9.67 Å². The van der Waals surface area contributed by atoms with Gasteiger partial charge in [0.05, 0.1) is 25.0 Å². The summed E-state index contributed by atoms with van der Waals surface area (Å²) in [6, 6.07) is 0. The van der Waals surface area contributed by atoms with Crippen molar-refractivity contribution >= 4 is 28.6 Å². The molecule has 2 heterocycles. The first-order chi connectivity index (χ1) is 9.97. The number of rotatable bonds is 6. The highest BCUT2D eigenvalue weighted by Gasteiger charge is 2.10. The lowest BCUT2D eigenvalue weighted by Gasteiger charge is -2.12. The summed E-state index contributed by atoms with van der Waals surface area (Å²) in [5, 5.41) is 10.3. The van der Waals surface area contributed by atoms with Gasteiger partial charge in [-0.05, 0) is 21.0 Å². The maximum atomic E-state index is 12.1. The monoisotopic (exact) mass is 327 g/mol. The summed E-state index contributed by atoms with van der Waals surface area (Å²) in [4.78, 5) is 18.4. The SMILES string of the molecule is Cc1csc(CNc2cnn(CCN(C)C)c(=O)c2Cl)n1. The van der Waals surface area contributed by atoms with E-state index in [1.54, 1.807) is 17.5 Å². The average Bonchev–Trinajstić information content (AvgIpc) is 2.85. The van der Waals surface area contributed by atoms with Crippen LogP contribution in [0.15, 0.2) is 16.4 Å². The summed E-state index contributed by atoms with van der Waals surface area (Å²) in [6.07, 6.45) is 1.58. The summed E-state index contributed by atoms with van der Waals surface area (Å²) in [5.74, 6) is 0. The molecule has 6 nitrogen and oxygen atoms in total. The second-order valence-corrected chi connectivity index (χ2v) is 6.26. The zero-order chi connectivity index (χ0) is 15.4. The van der Waals surface area contributed by atoms with Crippen LogP contribution in [0.2, 0.25) is 5.02 Å². The molecule has 0 aliphatic heterocycles. The Morgan fingerprint density at radius 2 is 2.24 bits per heavy atom. The minimum atomic E-state index is -0.279. The molecule has 0 atom stereocenters. The van der Waals surface area contributed by atoms with E-state index in [9.17, 15) is 4.79 Å². The Morgan fingerprint density at radius 1 is 1.48 bits per heavy atom. The molecular formula is C13H18ClN5OS. The van der Waals surface area contributed by atoms with Gasteiger partial charge in [0.25, 0.3) is 5.56 Å². The van der Waals surface area contributed by atoms with Crippen LogP contribution < -0.4 is 10.9 Å². The van der Waals surface area contributed by atoms with Crippen molar-refractivity contribution in [3.63, 3.8) is 0 Å². The molecule has 0 bridgehead atoms. The molecule has 0 fully saturated rings. The molecule has 0 amide bonds. The van der Waals surface area contributed by atoms with Crippen LogP contribution in [0.25, 0.3) is 0 Å². The number of nitrogens with one attached hydrogen (secondary N) is 1. The standard InChI is InChI=1S/C13H18ClN5OS/c1-9-8-21-11(17-9)7-15-10-6-16-19(5-4-18(2)3)13(20)12(10)14/h6,8,15H,4-5,7H2,1-3H3. The molecular weight excluding hydrogens is 310 g/mol. The molecule has 0 saturated carbocycles. The van der Waals surface area contributed by atoms with Gasteiger partial charge in [-0.1, -0.05) is 11.6 Å². The van der Waals surface area contributed by atoms with E-state index in [1.807, 2.05) is 31.3 Å². The first-order valence-electron chi connectivity index (χ1n) is 6.52. The van der Waals surface area contributed by atoms with Crippen LogP contribution in [-0.2, 0) is 13.1 Å². The van der Waals surface area contributed by atoms with Crippen molar-refractivity contribution < 1.29 is 0 Å². The highest BCUT2D eigenvalue weighted by atomic mass is 35.5. The minimum Gasteiger partial charge on any atom is -0.376 e. The van der Waals surface area contributed by atoms with Crippen molar-refractivity contribution in [2.24, 2.45) is 0 Å². The Labute approximate surface area is 132 Å². The van der Waals surface area contributed by atoms with E-state index in [0.717, 1.165) is 17.2 Å². The lowest BCUT2D eigenvalue weighted by atomic mass is 10.4. The Hall–Kier alpha value is -1.44. The van der Waals surface area contributed by atoms with E-state index in [2.05, 4.69) is 15.4 Å². The second kappa shape index (κ2) is 7.02. The van der Waals surface area contributed by atoms with E-state index in [0.29, 0.717) is 18.8 Å². The Kier molecular flexibility index (Phi) is 5.33. The van der Waals surface area contributed by atoms with Gasteiger partial charge in [0.1, 0.15) is 10.0 Å². The average molecular weight is 328 g/mol. The summed E-state index contributed by atoms with van der Waals surface area (Å²) < 4.78 is 1.38. The third-order valence-electron chi connectivity index (χ3n) is 2.84. The number of aromatic nitrogens is 3. The van der Waals surface area contributed by atoms with E-state index in [4.69, 9.17) is 11.6 Å². The zero-order valence-corrected chi connectivity index (χ0v) is 13.8. The number of hydrogen-bond donors (Lipinski definition) is 1. The molecule has 114 valence electrons. The number of hydrogen-bond acceptors (Lipinski definition) is 6. The van der Waals surface area contributed by atoms with E-state index >= 15 is 0 Å². The molecule has 2 aromatic heterocycles. The number of nitrogens with zero attached hydrogens (tertiary/aromatic N) is 4. The molecule has 2 aromatic rings. The van der Waals surface area contributed by atoms with Crippen molar-refractivity contribution in [3.8, 4) is 0 Å². The highest BCUT2D eigenvalue weighted by molar-refractivity contribution is 7.09.